The van der Waals surface area contributed by atoms with Crippen LogP contribution in [-0.4, -0.2) is 47.6 Å². The molecular formula is C16H28N2O3. The number of nitrogens with zero attached hydrogens (tertiary/aromatic N) is 1. The van der Waals surface area contributed by atoms with Gasteiger partial charge in [-0.25, -0.2) is 0 Å². The van der Waals surface area contributed by atoms with Gasteiger partial charge in [0, 0.05) is 13.1 Å². The van der Waals surface area contributed by atoms with Crippen LogP contribution >= 0.6 is 0 Å². The molecule has 2 fully saturated rings. The maximum Gasteiger partial charge on any atom is 0.309 e. The zero-order chi connectivity index (χ0) is 15.5. The Bertz CT molecular complexity index is 389. The van der Waals surface area contributed by atoms with E-state index in [0.29, 0.717) is 38.3 Å². The molecule has 0 aliphatic carbocycles. The number of amides is 1. The van der Waals surface area contributed by atoms with Crippen molar-refractivity contribution in [3.05, 3.63) is 0 Å². The molecule has 2 heterocycles. The highest BCUT2D eigenvalue weighted by atomic mass is 16.4. The lowest BCUT2D eigenvalue weighted by Gasteiger charge is -2.41. The van der Waals surface area contributed by atoms with Crippen molar-refractivity contribution < 1.29 is 14.7 Å². The maximum atomic E-state index is 12.6. The summed E-state index contributed by atoms with van der Waals surface area (Å²) in [6.07, 6.45) is 4.79. The molecule has 0 aromatic carbocycles. The normalized spacial score (nSPS) is 29.1. The highest BCUT2D eigenvalue weighted by molar-refractivity contribution is 5.82. The lowest BCUT2D eigenvalue weighted by atomic mass is 9.75. The zero-order valence-electron chi connectivity index (χ0n) is 13.2. The van der Waals surface area contributed by atoms with Crippen molar-refractivity contribution in [2.24, 2.45) is 11.3 Å². The first-order chi connectivity index (χ1) is 9.98. The van der Waals surface area contributed by atoms with Crippen molar-refractivity contribution >= 4 is 11.9 Å². The number of likely N-dealkylation sites (tertiary alicyclic amines) is 1. The van der Waals surface area contributed by atoms with E-state index in [1.165, 1.54) is 0 Å². The number of hydrogen-bond acceptors (Lipinski definition) is 3. The van der Waals surface area contributed by atoms with Crippen molar-refractivity contribution in [3.8, 4) is 0 Å². The van der Waals surface area contributed by atoms with E-state index in [-0.39, 0.29) is 11.9 Å². The fourth-order valence-corrected chi connectivity index (χ4v) is 3.72. The second-order valence-corrected chi connectivity index (χ2v) is 6.80. The highest BCUT2D eigenvalue weighted by Crippen LogP contribution is 2.36. The van der Waals surface area contributed by atoms with Gasteiger partial charge in [0.25, 0.3) is 0 Å². The summed E-state index contributed by atoms with van der Waals surface area (Å²) in [5, 5.41) is 12.8. The van der Waals surface area contributed by atoms with Crippen LogP contribution < -0.4 is 5.32 Å². The van der Waals surface area contributed by atoms with Crippen LogP contribution in [0.1, 0.15) is 52.4 Å². The SMILES string of the molecule is CCCC1(C(=O)O)CCN(C(=O)C2CC(C)CCN2)CC1. The maximum absolute atomic E-state index is 12.6. The molecule has 0 radical (unpaired) electrons. The average Bonchev–Trinajstić information content (AvgIpc) is 2.47. The Hall–Kier alpha value is -1.10. The van der Waals surface area contributed by atoms with E-state index in [1.54, 1.807) is 0 Å². The van der Waals surface area contributed by atoms with Crippen LogP contribution in [0.4, 0.5) is 0 Å². The Kier molecular flexibility index (Phi) is 5.25. The van der Waals surface area contributed by atoms with Crippen LogP contribution in [0.5, 0.6) is 0 Å². The predicted molar refractivity (Wildman–Crippen MR) is 81.0 cm³/mol. The Balaban J connectivity index is 1.93. The Morgan fingerprint density at radius 1 is 1.33 bits per heavy atom. The topological polar surface area (TPSA) is 69.6 Å². The van der Waals surface area contributed by atoms with Crippen LogP contribution in [-0.2, 0) is 9.59 Å². The molecule has 0 bridgehead atoms. The van der Waals surface area contributed by atoms with Crippen LogP contribution in [0.2, 0.25) is 0 Å². The van der Waals surface area contributed by atoms with Crippen LogP contribution in [0.25, 0.3) is 0 Å². The molecule has 2 unspecified atom stereocenters. The van der Waals surface area contributed by atoms with Gasteiger partial charge in [0.2, 0.25) is 5.91 Å². The number of carboxylic acid groups (broad SMARTS) is 1. The summed E-state index contributed by atoms with van der Waals surface area (Å²) in [6.45, 7) is 6.28. The lowest BCUT2D eigenvalue weighted by molar-refractivity contribution is -0.155. The van der Waals surface area contributed by atoms with Crippen LogP contribution in [0.15, 0.2) is 0 Å². The standard InChI is InChI=1S/C16H28N2O3/c1-3-5-16(15(20)21)6-9-18(10-7-16)14(19)13-11-12(2)4-8-17-13/h12-13,17H,3-11H2,1-2H3,(H,20,21). The smallest absolute Gasteiger partial charge is 0.309 e. The number of hydrogen-bond donors (Lipinski definition) is 2. The molecule has 2 aliphatic heterocycles. The van der Waals surface area contributed by atoms with Crippen LogP contribution in [0, 0.1) is 11.3 Å². The molecule has 2 atom stereocenters. The largest absolute Gasteiger partial charge is 0.481 e. The molecule has 0 spiro atoms. The molecule has 2 saturated heterocycles. The van der Waals surface area contributed by atoms with Crippen molar-refractivity contribution in [1.29, 1.82) is 0 Å². The summed E-state index contributed by atoms with van der Waals surface area (Å²) in [6, 6.07) is -0.0720. The third kappa shape index (κ3) is 3.57. The summed E-state index contributed by atoms with van der Waals surface area (Å²) in [5.74, 6) is 0.0566. The first kappa shape index (κ1) is 16.3. The van der Waals surface area contributed by atoms with Gasteiger partial charge >= 0.3 is 5.97 Å². The van der Waals surface area contributed by atoms with Gasteiger partial charge in [-0.1, -0.05) is 20.3 Å². The molecule has 21 heavy (non-hydrogen) atoms. The number of nitrogens with one attached hydrogen (secondary N) is 1. The van der Waals surface area contributed by atoms with Crippen LogP contribution in [0.3, 0.4) is 0 Å². The van der Waals surface area contributed by atoms with Crippen molar-refractivity contribution in [2.45, 2.75) is 58.4 Å². The summed E-state index contributed by atoms with van der Waals surface area (Å²) >= 11 is 0. The summed E-state index contributed by atoms with van der Waals surface area (Å²) < 4.78 is 0. The fraction of sp³-hybridized carbons (Fsp3) is 0.875. The Morgan fingerprint density at radius 3 is 2.52 bits per heavy atom. The van der Waals surface area contributed by atoms with Gasteiger partial charge in [0.05, 0.1) is 11.5 Å². The summed E-state index contributed by atoms with van der Waals surface area (Å²) in [7, 11) is 0. The zero-order valence-corrected chi connectivity index (χ0v) is 13.2. The lowest BCUT2D eigenvalue weighted by Crippen LogP contribution is -2.54. The van der Waals surface area contributed by atoms with Gasteiger partial charge in [-0.15, -0.1) is 0 Å². The van der Waals surface area contributed by atoms with E-state index in [4.69, 9.17) is 0 Å². The third-order valence-electron chi connectivity index (χ3n) is 5.18. The molecule has 5 nitrogen and oxygen atoms in total. The van der Waals surface area contributed by atoms with Crippen molar-refractivity contribution in [1.82, 2.24) is 10.2 Å². The van der Waals surface area contributed by atoms with E-state index in [0.717, 1.165) is 25.8 Å². The van der Waals surface area contributed by atoms with E-state index in [1.807, 2.05) is 11.8 Å². The molecule has 0 aromatic heterocycles. The van der Waals surface area contributed by atoms with E-state index in [2.05, 4.69) is 12.2 Å². The summed E-state index contributed by atoms with van der Waals surface area (Å²) in [4.78, 5) is 26.0. The number of carbonyl (C=O) groups is 2. The molecular weight excluding hydrogens is 268 g/mol. The molecule has 5 heteroatoms. The average molecular weight is 296 g/mol. The number of carboxylic acids is 1. The van der Waals surface area contributed by atoms with E-state index >= 15 is 0 Å². The second-order valence-electron chi connectivity index (χ2n) is 6.80. The van der Waals surface area contributed by atoms with E-state index in [9.17, 15) is 14.7 Å². The minimum Gasteiger partial charge on any atom is -0.481 e. The number of piperidine rings is 2. The van der Waals surface area contributed by atoms with Gasteiger partial charge in [-0.2, -0.15) is 0 Å². The number of carbonyl (C=O) groups excluding carboxylic acids is 1. The van der Waals surface area contributed by atoms with Crippen molar-refractivity contribution in [3.63, 3.8) is 0 Å². The second kappa shape index (κ2) is 6.77. The third-order valence-corrected chi connectivity index (χ3v) is 5.18. The monoisotopic (exact) mass is 296 g/mol. The number of aliphatic carboxylic acids is 1. The van der Waals surface area contributed by atoms with Crippen molar-refractivity contribution in [2.75, 3.05) is 19.6 Å². The van der Waals surface area contributed by atoms with Gasteiger partial charge in [0.15, 0.2) is 0 Å². The summed E-state index contributed by atoms with van der Waals surface area (Å²) in [5.41, 5.74) is -0.612. The van der Waals surface area contributed by atoms with Gasteiger partial charge < -0.3 is 15.3 Å². The van der Waals surface area contributed by atoms with E-state index < -0.39 is 11.4 Å². The first-order valence-corrected chi connectivity index (χ1v) is 8.24. The minimum atomic E-state index is -0.694. The fourth-order valence-electron chi connectivity index (χ4n) is 3.72. The molecule has 2 rings (SSSR count). The van der Waals surface area contributed by atoms with Gasteiger partial charge in [-0.05, 0) is 44.6 Å². The predicted octanol–water partition coefficient (Wildman–Crippen LogP) is 1.87. The molecule has 120 valence electrons. The highest BCUT2D eigenvalue weighted by Gasteiger charge is 2.42. The molecule has 0 saturated carbocycles. The number of rotatable bonds is 4. The molecule has 1 amide bonds. The molecule has 2 aliphatic rings. The first-order valence-electron chi connectivity index (χ1n) is 8.24. The van der Waals surface area contributed by atoms with Gasteiger partial charge in [-0.3, -0.25) is 9.59 Å². The quantitative estimate of drug-likeness (QED) is 0.831. The van der Waals surface area contributed by atoms with Gasteiger partial charge in [0.1, 0.15) is 0 Å². The Morgan fingerprint density at radius 2 is 2.00 bits per heavy atom. The molecule has 2 N–H and O–H groups in total. The molecule has 0 aromatic rings. The minimum absolute atomic E-state index is 0.0720. The Labute approximate surface area is 127 Å².